The molecule has 0 amide bonds. The SMILES string of the molecule is CCc1c(N)cnn1C1CCCCO1. The van der Waals surface area contributed by atoms with Crippen LogP contribution in [-0.2, 0) is 11.2 Å². The van der Waals surface area contributed by atoms with Crippen molar-refractivity contribution in [2.24, 2.45) is 0 Å². The van der Waals surface area contributed by atoms with Gasteiger partial charge in [-0.25, -0.2) is 4.68 Å². The van der Waals surface area contributed by atoms with E-state index in [-0.39, 0.29) is 6.23 Å². The maximum absolute atomic E-state index is 5.82. The highest BCUT2D eigenvalue weighted by atomic mass is 16.5. The lowest BCUT2D eigenvalue weighted by molar-refractivity contribution is -0.0409. The van der Waals surface area contributed by atoms with Crippen molar-refractivity contribution in [2.75, 3.05) is 12.3 Å². The van der Waals surface area contributed by atoms with Crippen LogP contribution < -0.4 is 5.73 Å². The van der Waals surface area contributed by atoms with Gasteiger partial charge in [-0.3, -0.25) is 0 Å². The minimum absolute atomic E-state index is 0.107. The molecule has 2 heterocycles. The van der Waals surface area contributed by atoms with E-state index >= 15 is 0 Å². The Hall–Kier alpha value is -1.03. The third kappa shape index (κ3) is 1.62. The Morgan fingerprint density at radius 1 is 1.64 bits per heavy atom. The molecule has 1 aromatic rings. The zero-order chi connectivity index (χ0) is 9.97. The molecule has 1 aromatic heterocycles. The second-order valence-electron chi connectivity index (χ2n) is 3.67. The van der Waals surface area contributed by atoms with Crippen LogP contribution in [0, 0.1) is 0 Å². The molecule has 2 N–H and O–H groups in total. The standard InChI is InChI=1S/C10H17N3O/c1-2-9-8(11)7-12-13(9)10-5-3-4-6-14-10/h7,10H,2-6,11H2,1H3. The third-order valence-corrected chi connectivity index (χ3v) is 2.69. The quantitative estimate of drug-likeness (QED) is 0.781. The highest BCUT2D eigenvalue weighted by molar-refractivity contribution is 5.40. The van der Waals surface area contributed by atoms with Gasteiger partial charge in [-0.2, -0.15) is 5.10 Å². The molecule has 1 fully saturated rings. The highest BCUT2D eigenvalue weighted by Crippen LogP contribution is 2.25. The van der Waals surface area contributed by atoms with Gasteiger partial charge in [0, 0.05) is 6.61 Å². The highest BCUT2D eigenvalue weighted by Gasteiger charge is 2.19. The van der Waals surface area contributed by atoms with E-state index in [0.29, 0.717) is 0 Å². The minimum Gasteiger partial charge on any atom is -0.396 e. The summed E-state index contributed by atoms with van der Waals surface area (Å²) in [5.74, 6) is 0. The second-order valence-corrected chi connectivity index (χ2v) is 3.67. The molecule has 0 bridgehead atoms. The van der Waals surface area contributed by atoms with Gasteiger partial charge in [0.1, 0.15) is 0 Å². The Bertz CT molecular complexity index is 302. The monoisotopic (exact) mass is 195 g/mol. The maximum Gasteiger partial charge on any atom is 0.150 e. The van der Waals surface area contributed by atoms with Crippen LogP contribution in [0.25, 0.3) is 0 Å². The van der Waals surface area contributed by atoms with Gasteiger partial charge >= 0.3 is 0 Å². The summed E-state index contributed by atoms with van der Waals surface area (Å²) in [5.41, 5.74) is 7.69. The van der Waals surface area contributed by atoms with E-state index < -0.39 is 0 Å². The molecule has 0 spiro atoms. The summed E-state index contributed by atoms with van der Waals surface area (Å²) in [5, 5.41) is 4.28. The van der Waals surface area contributed by atoms with Crippen LogP contribution in [0.4, 0.5) is 5.69 Å². The Morgan fingerprint density at radius 2 is 2.50 bits per heavy atom. The van der Waals surface area contributed by atoms with Gasteiger partial charge in [-0.1, -0.05) is 6.92 Å². The molecule has 0 aromatic carbocycles. The van der Waals surface area contributed by atoms with Crippen molar-refractivity contribution in [3.8, 4) is 0 Å². The fourth-order valence-corrected chi connectivity index (χ4v) is 1.93. The molecule has 4 nitrogen and oxygen atoms in total. The van der Waals surface area contributed by atoms with E-state index in [4.69, 9.17) is 10.5 Å². The first kappa shape index (κ1) is 9.52. The summed E-state index contributed by atoms with van der Waals surface area (Å²) >= 11 is 0. The summed E-state index contributed by atoms with van der Waals surface area (Å²) in [6, 6.07) is 0. The van der Waals surface area contributed by atoms with Crippen LogP contribution in [0.2, 0.25) is 0 Å². The van der Waals surface area contributed by atoms with E-state index in [2.05, 4.69) is 12.0 Å². The molecule has 1 aliphatic rings. The Labute approximate surface area is 84.0 Å². The van der Waals surface area contributed by atoms with E-state index in [0.717, 1.165) is 37.3 Å². The number of hydrogen-bond acceptors (Lipinski definition) is 3. The lowest BCUT2D eigenvalue weighted by Gasteiger charge is -2.24. The van der Waals surface area contributed by atoms with Crippen LogP contribution >= 0.6 is 0 Å². The van der Waals surface area contributed by atoms with Gasteiger partial charge in [0.15, 0.2) is 6.23 Å². The molecule has 0 saturated carbocycles. The minimum atomic E-state index is 0.107. The number of nitrogens with two attached hydrogens (primary N) is 1. The third-order valence-electron chi connectivity index (χ3n) is 2.69. The fourth-order valence-electron chi connectivity index (χ4n) is 1.93. The zero-order valence-electron chi connectivity index (χ0n) is 8.57. The molecule has 14 heavy (non-hydrogen) atoms. The number of nitrogens with zero attached hydrogens (tertiary/aromatic N) is 2. The van der Waals surface area contributed by atoms with Crippen LogP contribution in [0.5, 0.6) is 0 Å². The predicted octanol–water partition coefficient (Wildman–Crippen LogP) is 1.73. The van der Waals surface area contributed by atoms with E-state index in [1.54, 1.807) is 6.20 Å². The molecule has 1 aliphatic heterocycles. The summed E-state index contributed by atoms with van der Waals surface area (Å²) in [6.07, 6.45) is 6.16. The number of aromatic nitrogens is 2. The largest absolute Gasteiger partial charge is 0.396 e. The zero-order valence-corrected chi connectivity index (χ0v) is 8.57. The van der Waals surface area contributed by atoms with E-state index in [9.17, 15) is 0 Å². The topological polar surface area (TPSA) is 53.1 Å². The Balaban J connectivity index is 2.21. The van der Waals surface area contributed by atoms with Gasteiger partial charge in [0.2, 0.25) is 0 Å². The smallest absolute Gasteiger partial charge is 0.150 e. The van der Waals surface area contributed by atoms with Crippen LogP contribution in [0.1, 0.15) is 38.1 Å². The Kier molecular flexibility index (Phi) is 2.72. The van der Waals surface area contributed by atoms with Gasteiger partial charge < -0.3 is 10.5 Å². The van der Waals surface area contributed by atoms with Crippen molar-refractivity contribution in [1.82, 2.24) is 9.78 Å². The number of anilines is 1. The number of nitrogen functional groups attached to an aromatic ring is 1. The normalized spacial score (nSPS) is 22.5. The molecular formula is C10H17N3O. The van der Waals surface area contributed by atoms with Gasteiger partial charge in [-0.05, 0) is 25.7 Å². The molecule has 1 saturated heterocycles. The van der Waals surface area contributed by atoms with Gasteiger partial charge in [-0.15, -0.1) is 0 Å². The van der Waals surface area contributed by atoms with E-state index in [1.165, 1.54) is 6.42 Å². The summed E-state index contributed by atoms with van der Waals surface area (Å²) < 4.78 is 7.60. The predicted molar refractivity (Wildman–Crippen MR) is 54.9 cm³/mol. The molecule has 78 valence electrons. The Morgan fingerprint density at radius 3 is 3.14 bits per heavy atom. The van der Waals surface area contributed by atoms with Crippen molar-refractivity contribution < 1.29 is 4.74 Å². The van der Waals surface area contributed by atoms with Crippen molar-refractivity contribution in [3.05, 3.63) is 11.9 Å². The number of rotatable bonds is 2. The molecule has 1 unspecified atom stereocenters. The lowest BCUT2D eigenvalue weighted by Crippen LogP contribution is -2.21. The first-order valence-electron chi connectivity index (χ1n) is 5.26. The van der Waals surface area contributed by atoms with Crippen LogP contribution in [-0.4, -0.2) is 16.4 Å². The molecule has 0 radical (unpaired) electrons. The molecule has 4 heteroatoms. The van der Waals surface area contributed by atoms with E-state index in [1.807, 2.05) is 4.68 Å². The van der Waals surface area contributed by atoms with Crippen molar-refractivity contribution in [3.63, 3.8) is 0 Å². The summed E-state index contributed by atoms with van der Waals surface area (Å²) in [6.45, 7) is 2.93. The molecule has 0 aliphatic carbocycles. The van der Waals surface area contributed by atoms with Gasteiger partial charge in [0.05, 0.1) is 17.6 Å². The average Bonchev–Trinajstić information content (AvgIpc) is 2.61. The van der Waals surface area contributed by atoms with Crippen LogP contribution in [0.3, 0.4) is 0 Å². The molecule has 2 rings (SSSR count). The lowest BCUT2D eigenvalue weighted by atomic mass is 10.2. The van der Waals surface area contributed by atoms with Crippen molar-refractivity contribution in [2.45, 2.75) is 38.8 Å². The summed E-state index contributed by atoms with van der Waals surface area (Å²) in [4.78, 5) is 0. The number of hydrogen-bond donors (Lipinski definition) is 1. The van der Waals surface area contributed by atoms with Crippen LogP contribution in [0.15, 0.2) is 6.20 Å². The average molecular weight is 195 g/mol. The molecule has 1 atom stereocenters. The fraction of sp³-hybridized carbons (Fsp3) is 0.700. The number of ether oxygens (including phenoxy) is 1. The first-order valence-corrected chi connectivity index (χ1v) is 5.26. The first-order chi connectivity index (χ1) is 6.83. The maximum atomic E-state index is 5.82. The second kappa shape index (κ2) is 4.00. The van der Waals surface area contributed by atoms with Gasteiger partial charge in [0.25, 0.3) is 0 Å². The van der Waals surface area contributed by atoms with Crippen molar-refractivity contribution in [1.29, 1.82) is 0 Å². The summed E-state index contributed by atoms with van der Waals surface area (Å²) in [7, 11) is 0. The molecular weight excluding hydrogens is 178 g/mol. The van der Waals surface area contributed by atoms with Crippen molar-refractivity contribution >= 4 is 5.69 Å².